The maximum atomic E-state index is 12.3. The van der Waals surface area contributed by atoms with Crippen LogP contribution >= 0.6 is 15.9 Å². The molecule has 1 unspecified atom stereocenters. The molecule has 1 aliphatic rings. The number of rotatable bonds is 3. The van der Waals surface area contributed by atoms with Gasteiger partial charge in [0.05, 0.1) is 5.69 Å². The average Bonchev–Trinajstić information content (AvgIpc) is 2.33. The maximum absolute atomic E-state index is 12.3. The van der Waals surface area contributed by atoms with Crippen molar-refractivity contribution >= 4 is 38.0 Å². The van der Waals surface area contributed by atoms with Crippen LogP contribution in [0.5, 0.6) is 0 Å². The highest BCUT2D eigenvalue weighted by Crippen LogP contribution is 2.30. The van der Waals surface area contributed by atoms with Crippen molar-refractivity contribution in [3.8, 4) is 0 Å². The van der Waals surface area contributed by atoms with Crippen LogP contribution < -0.4 is 0 Å². The zero-order valence-electron chi connectivity index (χ0n) is 9.38. The number of hydrogen-bond acceptors (Lipinski definition) is 3. The molecule has 1 aromatic rings. The molecule has 1 atom stereocenters. The lowest BCUT2D eigenvalue weighted by Crippen LogP contribution is -2.35. The van der Waals surface area contributed by atoms with Crippen LogP contribution in [0.3, 0.4) is 0 Å². The van der Waals surface area contributed by atoms with Crippen LogP contribution in [0.1, 0.15) is 6.92 Å². The minimum atomic E-state index is -3.42. The van der Waals surface area contributed by atoms with Gasteiger partial charge in [0, 0.05) is 11.9 Å². The van der Waals surface area contributed by atoms with E-state index in [-0.39, 0.29) is 10.8 Å². The van der Waals surface area contributed by atoms with Crippen LogP contribution in [0.25, 0.3) is 0 Å². The van der Waals surface area contributed by atoms with Gasteiger partial charge in [-0.25, -0.2) is 13.4 Å². The first kappa shape index (κ1) is 12.6. The molecule has 2 rings (SSSR count). The van der Waals surface area contributed by atoms with Gasteiger partial charge in [0.15, 0.2) is 0 Å². The first-order valence-corrected chi connectivity index (χ1v) is 7.83. The Balaban J connectivity index is 2.38. The molecule has 6 heteroatoms. The largest absolute Gasteiger partial charge is 0.267 e. The van der Waals surface area contributed by atoms with Gasteiger partial charge in [-0.15, -0.1) is 0 Å². The summed E-state index contributed by atoms with van der Waals surface area (Å²) in [5.41, 5.74) is 0.509. The fourth-order valence-electron chi connectivity index (χ4n) is 1.60. The third kappa shape index (κ3) is 2.37. The lowest BCUT2D eigenvalue weighted by molar-refractivity contribution is 0.477. The molecule has 0 aromatic heterocycles. The Morgan fingerprint density at radius 1 is 1.41 bits per heavy atom. The summed E-state index contributed by atoms with van der Waals surface area (Å²) in [5.74, 6) is 0.237. The summed E-state index contributed by atoms with van der Waals surface area (Å²) in [4.78, 5) is 4.45. The molecule has 17 heavy (non-hydrogen) atoms. The summed E-state index contributed by atoms with van der Waals surface area (Å²) in [7, 11) is -3.42. The molecule has 0 saturated carbocycles. The van der Waals surface area contributed by atoms with Crippen molar-refractivity contribution in [1.29, 1.82) is 0 Å². The predicted octanol–water partition coefficient (Wildman–Crippen LogP) is 2.38. The monoisotopic (exact) mass is 316 g/mol. The van der Waals surface area contributed by atoms with E-state index in [0.717, 1.165) is 5.33 Å². The van der Waals surface area contributed by atoms with E-state index in [2.05, 4.69) is 20.9 Å². The molecule has 0 saturated heterocycles. The van der Waals surface area contributed by atoms with Crippen LogP contribution in [-0.2, 0) is 10.0 Å². The molecule has 1 heterocycles. The number of alkyl halides is 1. The van der Waals surface area contributed by atoms with E-state index in [9.17, 15) is 8.42 Å². The van der Waals surface area contributed by atoms with Crippen LogP contribution in [-0.4, -0.2) is 30.9 Å². The Morgan fingerprint density at radius 3 is 2.82 bits per heavy atom. The minimum absolute atomic E-state index is 0.237. The second-order valence-corrected chi connectivity index (χ2v) is 6.55. The van der Waals surface area contributed by atoms with Crippen molar-refractivity contribution in [3.63, 3.8) is 0 Å². The summed E-state index contributed by atoms with van der Waals surface area (Å²) in [5, 5.41) is 0.758. The second-order valence-electron chi connectivity index (χ2n) is 4.05. The number of para-hydroxylation sites is 1. The normalized spacial score (nSPS) is 18.8. The fraction of sp³-hybridized carbons (Fsp3) is 0.364. The van der Waals surface area contributed by atoms with Gasteiger partial charge in [-0.2, -0.15) is 0 Å². The summed E-state index contributed by atoms with van der Waals surface area (Å²) < 4.78 is 25.9. The molecular formula is C11H13BrN2O2S. The highest BCUT2D eigenvalue weighted by atomic mass is 79.9. The smallest absolute Gasteiger partial charge is 0.256 e. The Hall–Kier alpha value is -0.880. The van der Waals surface area contributed by atoms with Crippen molar-refractivity contribution in [3.05, 3.63) is 24.3 Å². The van der Waals surface area contributed by atoms with Crippen molar-refractivity contribution in [1.82, 2.24) is 4.31 Å². The lowest BCUT2D eigenvalue weighted by Gasteiger charge is -2.25. The number of nitrogens with zero attached hydrogens (tertiary/aromatic N) is 2. The van der Waals surface area contributed by atoms with Crippen molar-refractivity contribution < 1.29 is 8.42 Å². The van der Waals surface area contributed by atoms with Gasteiger partial charge in [-0.1, -0.05) is 35.0 Å². The topological polar surface area (TPSA) is 49.7 Å². The van der Waals surface area contributed by atoms with Gasteiger partial charge >= 0.3 is 0 Å². The van der Waals surface area contributed by atoms with Gasteiger partial charge in [0.1, 0.15) is 11.2 Å². The zero-order valence-corrected chi connectivity index (χ0v) is 11.8. The minimum Gasteiger partial charge on any atom is -0.256 e. The Kier molecular flexibility index (Phi) is 3.53. The quantitative estimate of drug-likeness (QED) is 0.804. The van der Waals surface area contributed by atoms with E-state index in [1.165, 1.54) is 10.6 Å². The van der Waals surface area contributed by atoms with Gasteiger partial charge in [-0.3, -0.25) is 4.31 Å². The van der Waals surface area contributed by atoms with Crippen LogP contribution in [0.15, 0.2) is 34.2 Å². The SMILES string of the molecule is CC(CBr)CN1C=Nc2ccccc2S1(=O)=O. The molecule has 4 nitrogen and oxygen atoms in total. The molecule has 1 aliphatic heterocycles. The average molecular weight is 317 g/mol. The Labute approximate surface area is 110 Å². The number of hydrogen-bond donors (Lipinski definition) is 0. The van der Waals surface area contributed by atoms with Crippen molar-refractivity contribution in [2.45, 2.75) is 11.8 Å². The van der Waals surface area contributed by atoms with E-state index in [0.29, 0.717) is 12.2 Å². The Bertz CT molecular complexity index is 542. The van der Waals surface area contributed by atoms with E-state index in [1.54, 1.807) is 24.3 Å². The van der Waals surface area contributed by atoms with Crippen LogP contribution in [0, 0.1) is 5.92 Å². The van der Waals surface area contributed by atoms with Gasteiger partial charge < -0.3 is 0 Å². The molecule has 0 aliphatic carbocycles. The Morgan fingerprint density at radius 2 is 2.12 bits per heavy atom. The molecule has 0 spiro atoms. The number of fused-ring (bicyclic) bond motifs is 1. The number of aliphatic imine (C=N–C) groups is 1. The van der Waals surface area contributed by atoms with E-state index < -0.39 is 10.0 Å². The molecule has 0 bridgehead atoms. The number of benzene rings is 1. The lowest BCUT2D eigenvalue weighted by atomic mass is 10.2. The maximum Gasteiger partial charge on any atom is 0.267 e. The first-order valence-electron chi connectivity index (χ1n) is 5.26. The number of halogens is 1. The highest BCUT2D eigenvalue weighted by molar-refractivity contribution is 9.09. The van der Waals surface area contributed by atoms with Gasteiger partial charge in [0.25, 0.3) is 10.0 Å². The molecule has 0 radical (unpaired) electrons. The fourth-order valence-corrected chi connectivity index (χ4v) is 3.31. The third-order valence-electron chi connectivity index (χ3n) is 2.53. The van der Waals surface area contributed by atoms with E-state index in [1.807, 2.05) is 6.92 Å². The standard InChI is InChI=1S/C11H13BrN2O2S/c1-9(6-12)7-14-8-13-10-4-2-3-5-11(10)17(14,15)16/h2-5,8-9H,6-7H2,1H3. The third-order valence-corrected chi connectivity index (χ3v) is 5.40. The summed E-state index contributed by atoms with van der Waals surface area (Å²) in [6.45, 7) is 2.42. The molecule has 92 valence electrons. The summed E-state index contributed by atoms with van der Waals surface area (Å²) in [6.07, 6.45) is 1.40. The predicted molar refractivity (Wildman–Crippen MR) is 71.4 cm³/mol. The van der Waals surface area contributed by atoms with Gasteiger partial charge in [0.2, 0.25) is 0 Å². The number of sulfonamides is 1. The van der Waals surface area contributed by atoms with Crippen LogP contribution in [0.2, 0.25) is 0 Å². The van der Waals surface area contributed by atoms with Crippen molar-refractivity contribution in [2.24, 2.45) is 10.9 Å². The molecule has 0 N–H and O–H groups in total. The zero-order chi connectivity index (χ0) is 12.5. The van der Waals surface area contributed by atoms with Crippen LogP contribution in [0.4, 0.5) is 5.69 Å². The van der Waals surface area contributed by atoms with Crippen molar-refractivity contribution in [2.75, 3.05) is 11.9 Å². The molecule has 0 fully saturated rings. The molecular weight excluding hydrogens is 304 g/mol. The first-order chi connectivity index (χ1) is 8.05. The summed E-state index contributed by atoms with van der Waals surface area (Å²) in [6, 6.07) is 6.79. The second kappa shape index (κ2) is 4.78. The highest BCUT2D eigenvalue weighted by Gasteiger charge is 2.28. The van der Waals surface area contributed by atoms with E-state index in [4.69, 9.17) is 0 Å². The molecule has 1 aromatic carbocycles. The van der Waals surface area contributed by atoms with Gasteiger partial charge in [-0.05, 0) is 18.1 Å². The summed E-state index contributed by atoms with van der Waals surface area (Å²) >= 11 is 3.34. The van der Waals surface area contributed by atoms with E-state index >= 15 is 0 Å². The molecule has 0 amide bonds.